The maximum absolute atomic E-state index is 10.2. The van der Waals surface area contributed by atoms with Crippen LogP contribution in [0.5, 0.6) is 0 Å². The van der Waals surface area contributed by atoms with E-state index in [1.54, 1.807) is 6.92 Å². The number of ether oxygens (including phenoxy) is 1. The van der Waals surface area contributed by atoms with E-state index in [1.807, 2.05) is 0 Å². The topological polar surface area (TPSA) is 46.5 Å². The summed E-state index contributed by atoms with van der Waals surface area (Å²) in [5, 5.41) is 8.40. The molecule has 0 aromatic heterocycles. The lowest BCUT2D eigenvalue weighted by atomic mass is 10.2. The number of rotatable bonds is 5. The number of carboxylic acids is 1. The van der Waals surface area contributed by atoms with Gasteiger partial charge in [0.2, 0.25) is 0 Å². The van der Waals surface area contributed by atoms with Gasteiger partial charge in [0.25, 0.3) is 0 Å². The van der Waals surface area contributed by atoms with Crippen LogP contribution in [0.25, 0.3) is 0 Å². The van der Waals surface area contributed by atoms with Gasteiger partial charge in [-0.05, 0) is 6.92 Å². The van der Waals surface area contributed by atoms with Gasteiger partial charge < -0.3 is 9.84 Å². The molecule has 1 N–H and O–H groups in total. The van der Waals surface area contributed by atoms with Crippen molar-refractivity contribution in [3.63, 3.8) is 0 Å². The summed E-state index contributed by atoms with van der Waals surface area (Å²) in [6.07, 6.45) is 0. The Morgan fingerprint density at radius 3 is 2.80 bits per heavy atom. The first-order valence-corrected chi connectivity index (χ1v) is 4.57. The van der Waals surface area contributed by atoms with Gasteiger partial charge in [-0.25, -0.2) is 0 Å². The smallest absolute Gasteiger partial charge is 0.308 e. The van der Waals surface area contributed by atoms with E-state index >= 15 is 0 Å². The van der Waals surface area contributed by atoms with Crippen LogP contribution >= 0.6 is 22.6 Å². The summed E-state index contributed by atoms with van der Waals surface area (Å²) in [5.74, 6) is -1.18. The molecule has 0 saturated heterocycles. The van der Waals surface area contributed by atoms with Crippen LogP contribution in [-0.2, 0) is 9.53 Å². The highest BCUT2D eigenvalue weighted by Crippen LogP contribution is 1.95. The molecule has 1 unspecified atom stereocenters. The predicted octanol–water partition coefficient (Wildman–Crippen LogP) is 1.16. The largest absolute Gasteiger partial charge is 0.481 e. The second kappa shape index (κ2) is 5.91. The molecular formula is C6H11IO3. The maximum Gasteiger partial charge on any atom is 0.308 e. The lowest BCUT2D eigenvalue weighted by Crippen LogP contribution is -2.16. The zero-order valence-electron chi connectivity index (χ0n) is 5.84. The van der Waals surface area contributed by atoms with Gasteiger partial charge in [0.1, 0.15) is 0 Å². The molecule has 0 aromatic rings. The normalized spacial score (nSPS) is 13.0. The molecule has 0 aliphatic heterocycles. The molecular weight excluding hydrogens is 247 g/mol. The summed E-state index contributed by atoms with van der Waals surface area (Å²) in [6.45, 7) is 2.59. The number of carbonyl (C=O) groups is 1. The summed E-state index contributed by atoms with van der Waals surface area (Å²) in [6, 6.07) is 0. The highest BCUT2D eigenvalue weighted by atomic mass is 127. The Morgan fingerprint density at radius 2 is 2.40 bits per heavy atom. The van der Waals surface area contributed by atoms with E-state index in [2.05, 4.69) is 22.6 Å². The standard InChI is InChI=1S/C6H11IO3/c1-5(6(8)9)4-10-3-2-7/h5H,2-4H2,1H3,(H,8,9). The molecule has 0 bridgehead atoms. The molecule has 0 spiro atoms. The third-order valence-electron chi connectivity index (χ3n) is 1.01. The van der Waals surface area contributed by atoms with Gasteiger partial charge in [0.15, 0.2) is 0 Å². The van der Waals surface area contributed by atoms with Crippen molar-refractivity contribution >= 4 is 28.6 Å². The summed E-state index contributed by atoms with van der Waals surface area (Å²) >= 11 is 2.18. The minimum absolute atomic E-state index is 0.318. The van der Waals surface area contributed by atoms with E-state index in [-0.39, 0.29) is 5.92 Å². The molecule has 0 heterocycles. The SMILES string of the molecule is CC(COCCI)C(=O)O. The summed E-state index contributed by atoms with van der Waals surface area (Å²) in [4.78, 5) is 10.2. The van der Waals surface area contributed by atoms with Crippen LogP contribution in [0.4, 0.5) is 0 Å². The van der Waals surface area contributed by atoms with Crippen LogP contribution in [0.3, 0.4) is 0 Å². The Balaban J connectivity index is 3.21. The van der Waals surface area contributed by atoms with E-state index in [0.29, 0.717) is 13.2 Å². The van der Waals surface area contributed by atoms with Crippen LogP contribution < -0.4 is 0 Å². The van der Waals surface area contributed by atoms with Crippen LogP contribution in [0.1, 0.15) is 6.92 Å². The van der Waals surface area contributed by atoms with Crippen LogP contribution in [0.2, 0.25) is 0 Å². The van der Waals surface area contributed by atoms with Crippen LogP contribution in [0.15, 0.2) is 0 Å². The second-order valence-corrected chi connectivity index (χ2v) is 3.08. The monoisotopic (exact) mass is 258 g/mol. The summed E-state index contributed by atoms with van der Waals surface area (Å²) < 4.78 is 5.92. The van der Waals surface area contributed by atoms with E-state index < -0.39 is 5.97 Å². The summed E-state index contributed by atoms with van der Waals surface area (Å²) in [7, 11) is 0. The minimum atomic E-state index is -0.798. The zero-order valence-corrected chi connectivity index (χ0v) is 8.00. The van der Waals surface area contributed by atoms with Gasteiger partial charge >= 0.3 is 5.97 Å². The fourth-order valence-electron chi connectivity index (χ4n) is 0.386. The van der Waals surface area contributed by atoms with Crippen LogP contribution in [0, 0.1) is 5.92 Å². The molecule has 0 aliphatic carbocycles. The van der Waals surface area contributed by atoms with Gasteiger partial charge in [0.05, 0.1) is 19.1 Å². The average Bonchev–Trinajstić information content (AvgIpc) is 1.88. The number of hydrogen-bond donors (Lipinski definition) is 1. The van der Waals surface area contributed by atoms with Crippen molar-refractivity contribution in [3.8, 4) is 0 Å². The Bertz CT molecular complexity index is 105. The Hall–Kier alpha value is 0.160. The molecule has 0 rings (SSSR count). The van der Waals surface area contributed by atoms with Crippen LogP contribution in [-0.4, -0.2) is 28.7 Å². The Kier molecular flexibility index (Phi) is 6.00. The van der Waals surface area contributed by atoms with Gasteiger partial charge in [-0.1, -0.05) is 22.6 Å². The third-order valence-corrected chi connectivity index (χ3v) is 1.45. The molecule has 60 valence electrons. The molecule has 0 aliphatic rings. The first-order valence-electron chi connectivity index (χ1n) is 3.05. The van der Waals surface area contributed by atoms with E-state index in [1.165, 1.54) is 0 Å². The number of alkyl halides is 1. The van der Waals surface area contributed by atoms with Crippen molar-refractivity contribution in [2.75, 3.05) is 17.6 Å². The van der Waals surface area contributed by atoms with Crippen molar-refractivity contribution in [2.24, 2.45) is 5.92 Å². The fourth-order valence-corrected chi connectivity index (χ4v) is 0.697. The van der Waals surface area contributed by atoms with Gasteiger partial charge in [-0.3, -0.25) is 4.79 Å². The first-order chi connectivity index (χ1) is 4.68. The number of hydrogen-bond acceptors (Lipinski definition) is 2. The Labute approximate surface area is 73.9 Å². The number of aliphatic carboxylic acids is 1. The molecule has 0 aromatic carbocycles. The van der Waals surface area contributed by atoms with E-state index in [0.717, 1.165) is 4.43 Å². The van der Waals surface area contributed by atoms with E-state index in [9.17, 15) is 4.79 Å². The average molecular weight is 258 g/mol. The lowest BCUT2D eigenvalue weighted by Gasteiger charge is -2.04. The van der Waals surface area contributed by atoms with Gasteiger partial charge in [-0.2, -0.15) is 0 Å². The highest BCUT2D eigenvalue weighted by molar-refractivity contribution is 14.1. The minimum Gasteiger partial charge on any atom is -0.481 e. The summed E-state index contributed by atoms with van der Waals surface area (Å²) in [5.41, 5.74) is 0. The van der Waals surface area contributed by atoms with Gasteiger partial charge in [0, 0.05) is 4.43 Å². The lowest BCUT2D eigenvalue weighted by molar-refractivity contribution is -0.143. The maximum atomic E-state index is 10.2. The van der Waals surface area contributed by atoms with Gasteiger partial charge in [-0.15, -0.1) is 0 Å². The van der Waals surface area contributed by atoms with Crippen molar-refractivity contribution < 1.29 is 14.6 Å². The third kappa shape index (κ3) is 4.99. The Morgan fingerprint density at radius 1 is 1.80 bits per heavy atom. The molecule has 0 saturated carbocycles. The number of carboxylic acid groups (broad SMARTS) is 1. The second-order valence-electron chi connectivity index (χ2n) is 2.00. The molecule has 1 atom stereocenters. The molecule has 0 amide bonds. The zero-order chi connectivity index (χ0) is 7.98. The molecule has 4 heteroatoms. The molecule has 0 fully saturated rings. The first kappa shape index (κ1) is 10.2. The van der Waals surface area contributed by atoms with Crippen molar-refractivity contribution in [2.45, 2.75) is 6.92 Å². The van der Waals surface area contributed by atoms with E-state index in [4.69, 9.17) is 9.84 Å². The molecule has 3 nitrogen and oxygen atoms in total. The predicted molar refractivity (Wildman–Crippen MR) is 46.5 cm³/mol. The highest BCUT2D eigenvalue weighted by Gasteiger charge is 2.09. The molecule has 10 heavy (non-hydrogen) atoms. The molecule has 0 radical (unpaired) electrons. The number of halogens is 1. The van der Waals surface area contributed by atoms with Crippen molar-refractivity contribution in [1.82, 2.24) is 0 Å². The van der Waals surface area contributed by atoms with Crippen molar-refractivity contribution in [1.29, 1.82) is 0 Å². The van der Waals surface area contributed by atoms with Crippen molar-refractivity contribution in [3.05, 3.63) is 0 Å². The fraction of sp³-hybridized carbons (Fsp3) is 0.833. The quantitative estimate of drug-likeness (QED) is 0.457.